The summed E-state index contributed by atoms with van der Waals surface area (Å²) in [5, 5.41) is 22.7. The predicted molar refractivity (Wildman–Crippen MR) is 113 cm³/mol. The summed E-state index contributed by atoms with van der Waals surface area (Å²) in [5.74, 6) is 2.34. The molecular weight excluding hydrogens is 404 g/mol. The Bertz CT molecular complexity index is 1010. The van der Waals surface area contributed by atoms with Gasteiger partial charge in [-0.3, -0.25) is 0 Å². The molecule has 0 spiro atoms. The lowest BCUT2D eigenvalue weighted by molar-refractivity contribution is -0.0989. The number of aliphatic hydroxyl groups excluding tert-OH is 1. The molecule has 0 fully saturated rings. The standard InChI is InChI=1S/C23H28O8/c1-11-7-12-8-15-19(31-10-30-15)20(28-5)16(12)17-13(22(24)23(11,2)25)9-14(26-3)18(27-4)21(17)29-6/h8-9,11,22,24-25H,7,10H2,1-6H3/t11?,22-,23-/m0/s1. The number of hydrogen-bond donors (Lipinski definition) is 2. The smallest absolute Gasteiger partial charge is 0.231 e. The van der Waals surface area contributed by atoms with Gasteiger partial charge in [-0.2, -0.15) is 0 Å². The van der Waals surface area contributed by atoms with E-state index in [1.807, 2.05) is 13.0 Å². The van der Waals surface area contributed by atoms with Crippen LogP contribution in [0.4, 0.5) is 0 Å². The van der Waals surface area contributed by atoms with Crippen molar-refractivity contribution >= 4 is 0 Å². The summed E-state index contributed by atoms with van der Waals surface area (Å²) in [5.41, 5.74) is 1.11. The monoisotopic (exact) mass is 432 g/mol. The summed E-state index contributed by atoms with van der Waals surface area (Å²) in [6, 6.07) is 3.56. The molecule has 0 saturated heterocycles. The van der Waals surface area contributed by atoms with Crippen LogP contribution < -0.4 is 28.4 Å². The Morgan fingerprint density at radius 1 is 0.935 bits per heavy atom. The van der Waals surface area contributed by atoms with Crippen LogP contribution in [0.1, 0.15) is 31.1 Å². The van der Waals surface area contributed by atoms with Gasteiger partial charge in [0.25, 0.3) is 0 Å². The van der Waals surface area contributed by atoms with Crippen molar-refractivity contribution in [3.8, 4) is 45.6 Å². The summed E-state index contributed by atoms with van der Waals surface area (Å²) < 4.78 is 34.0. The van der Waals surface area contributed by atoms with Gasteiger partial charge < -0.3 is 38.6 Å². The van der Waals surface area contributed by atoms with Gasteiger partial charge in [-0.05, 0) is 42.5 Å². The number of fused-ring (bicyclic) bond motifs is 4. The van der Waals surface area contributed by atoms with E-state index >= 15 is 0 Å². The molecule has 8 heteroatoms. The summed E-state index contributed by atoms with van der Waals surface area (Å²) >= 11 is 0. The molecule has 1 aliphatic carbocycles. The highest BCUT2D eigenvalue weighted by atomic mass is 16.7. The topological polar surface area (TPSA) is 95.8 Å². The van der Waals surface area contributed by atoms with E-state index in [1.165, 1.54) is 21.3 Å². The molecule has 168 valence electrons. The van der Waals surface area contributed by atoms with Gasteiger partial charge in [0, 0.05) is 11.1 Å². The van der Waals surface area contributed by atoms with Crippen LogP contribution in [0.2, 0.25) is 0 Å². The van der Waals surface area contributed by atoms with E-state index in [1.54, 1.807) is 20.1 Å². The van der Waals surface area contributed by atoms with Crippen molar-refractivity contribution in [2.24, 2.45) is 5.92 Å². The van der Waals surface area contributed by atoms with Gasteiger partial charge in [0.15, 0.2) is 23.0 Å². The van der Waals surface area contributed by atoms with Gasteiger partial charge in [-0.1, -0.05) is 6.92 Å². The third-order valence-electron chi connectivity index (χ3n) is 6.39. The van der Waals surface area contributed by atoms with Gasteiger partial charge in [0.2, 0.25) is 18.3 Å². The number of ether oxygens (including phenoxy) is 6. The first-order valence-corrected chi connectivity index (χ1v) is 10.0. The van der Waals surface area contributed by atoms with Gasteiger partial charge in [-0.25, -0.2) is 0 Å². The van der Waals surface area contributed by atoms with Crippen molar-refractivity contribution in [2.75, 3.05) is 35.2 Å². The molecule has 2 N–H and O–H groups in total. The highest BCUT2D eigenvalue weighted by molar-refractivity contribution is 5.89. The normalized spacial score (nSPS) is 23.9. The maximum atomic E-state index is 11.4. The molecule has 0 saturated carbocycles. The van der Waals surface area contributed by atoms with Gasteiger partial charge in [0.05, 0.1) is 34.0 Å². The fourth-order valence-corrected chi connectivity index (χ4v) is 4.46. The summed E-state index contributed by atoms with van der Waals surface area (Å²) in [6.07, 6.45) is -0.766. The van der Waals surface area contributed by atoms with Crippen molar-refractivity contribution < 1.29 is 38.6 Å². The molecular formula is C23H28O8. The molecule has 0 aromatic heterocycles. The molecule has 1 aliphatic heterocycles. The third-order valence-corrected chi connectivity index (χ3v) is 6.39. The zero-order valence-corrected chi connectivity index (χ0v) is 18.6. The van der Waals surface area contributed by atoms with Crippen molar-refractivity contribution in [3.05, 3.63) is 23.3 Å². The van der Waals surface area contributed by atoms with Crippen LogP contribution in [0.25, 0.3) is 11.1 Å². The number of aliphatic hydroxyl groups is 2. The van der Waals surface area contributed by atoms with Crippen LogP contribution in [0.5, 0.6) is 34.5 Å². The molecule has 2 aromatic carbocycles. The highest BCUT2D eigenvalue weighted by Gasteiger charge is 2.44. The Morgan fingerprint density at radius 2 is 1.61 bits per heavy atom. The minimum atomic E-state index is -1.43. The van der Waals surface area contributed by atoms with Crippen LogP contribution >= 0.6 is 0 Å². The van der Waals surface area contributed by atoms with E-state index in [2.05, 4.69) is 0 Å². The summed E-state index contributed by atoms with van der Waals surface area (Å²) in [4.78, 5) is 0. The summed E-state index contributed by atoms with van der Waals surface area (Å²) in [6.45, 7) is 3.61. The zero-order chi connectivity index (χ0) is 22.5. The molecule has 2 aliphatic rings. The Morgan fingerprint density at radius 3 is 2.23 bits per heavy atom. The van der Waals surface area contributed by atoms with E-state index in [9.17, 15) is 10.2 Å². The molecule has 0 bridgehead atoms. The van der Waals surface area contributed by atoms with E-state index in [4.69, 9.17) is 28.4 Å². The first-order chi connectivity index (χ1) is 14.8. The largest absolute Gasteiger partial charge is 0.493 e. The van der Waals surface area contributed by atoms with Crippen LogP contribution in [0, 0.1) is 5.92 Å². The fraction of sp³-hybridized carbons (Fsp3) is 0.478. The lowest BCUT2D eigenvalue weighted by atomic mass is 9.73. The lowest BCUT2D eigenvalue weighted by Gasteiger charge is -2.39. The minimum absolute atomic E-state index is 0.0837. The minimum Gasteiger partial charge on any atom is -0.493 e. The van der Waals surface area contributed by atoms with Crippen LogP contribution in [-0.2, 0) is 6.42 Å². The predicted octanol–water partition coefficient (Wildman–Crippen LogP) is 3.09. The van der Waals surface area contributed by atoms with Crippen molar-refractivity contribution in [2.45, 2.75) is 32.0 Å². The average Bonchev–Trinajstić information content (AvgIpc) is 3.23. The van der Waals surface area contributed by atoms with E-state index in [0.29, 0.717) is 57.6 Å². The quantitative estimate of drug-likeness (QED) is 0.761. The molecule has 8 nitrogen and oxygen atoms in total. The first kappa shape index (κ1) is 21.4. The first-order valence-electron chi connectivity index (χ1n) is 10.0. The Kier molecular flexibility index (Phi) is 5.31. The maximum Gasteiger partial charge on any atom is 0.231 e. The van der Waals surface area contributed by atoms with Crippen LogP contribution in [0.15, 0.2) is 12.1 Å². The number of hydrogen-bond acceptors (Lipinski definition) is 8. The lowest BCUT2D eigenvalue weighted by Crippen LogP contribution is -2.41. The number of benzene rings is 2. The molecule has 0 amide bonds. The second-order valence-electron chi connectivity index (χ2n) is 8.02. The van der Waals surface area contributed by atoms with Crippen LogP contribution in [-0.4, -0.2) is 51.0 Å². The van der Waals surface area contributed by atoms with Gasteiger partial charge >= 0.3 is 0 Å². The molecule has 2 aromatic rings. The second kappa shape index (κ2) is 7.69. The average molecular weight is 432 g/mol. The Balaban J connectivity index is 2.19. The SMILES string of the molecule is COc1cc2c(c(OC)c1OC)-c1c(cc3c(c1OC)OCO3)CC(C)[C@](C)(O)[C@H]2O. The fourth-order valence-electron chi connectivity index (χ4n) is 4.46. The zero-order valence-electron chi connectivity index (χ0n) is 18.6. The Hall–Kier alpha value is -2.84. The molecule has 3 atom stereocenters. The third kappa shape index (κ3) is 3.04. The van der Waals surface area contributed by atoms with Crippen molar-refractivity contribution in [1.82, 2.24) is 0 Å². The maximum absolute atomic E-state index is 11.4. The van der Waals surface area contributed by atoms with Gasteiger partial charge in [0.1, 0.15) is 6.10 Å². The van der Waals surface area contributed by atoms with E-state index in [-0.39, 0.29) is 12.7 Å². The van der Waals surface area contributed by atoms with E-state index < -0.39 is 11.7 Å². The molecule has 0 radical (unpaired) electrons. The molecule has 1 unspecified atom stereocenters. The second-order valence-corrected chi connectivity index (χ2v) is 8.02. The van der Waals surface area contributed by atoms with Crippen molar-refractivity contribution in [1.29, 1.82) is 0 Å². The molecule has 31 heavy (non-hydrogen) atoms. The number of methoxy groups -OCH3 is 4. The Labute approximate surface area is 181 Å². The summed E-state index contributed by atoms with van der Waals surface area (Å²) in [7, 11) is 6.09. The van der Waals surface area contributed by atoms with Crippen LogP contribution in [0.3, 0.4) is 0 Å². The highest BCUT2D eigenvalue weighted by Crippen LogP contribution is 2.58. The molecule has 4 rings (SSSR count). The van der Waals surface area contributed by atoms with Gasteiger partial charge in [-0.15, -0.1) is 0 Å². The van der Waals surface area contributed by atoms with E-state index in [0.717, 1.165) is 5.56 Å². The van der Waals surface area contributed by atoms with Crippen molar-refractivity contribution in [3.63, 3.8) is 0 Å². The molecule has 1 heterocycles. The number of rotatable bonds is 4.